The molecular weight excluding hydrogens is 554 g/mol. The molecule has 11 nitrogen and oxygen atoms in total. The third-order valence-electron chi connectivity index (χ3n) is 7.18. The number of rotatable bonds is 8. The van der Waals surface area contributed by atoms with Gasteiger partial charge in [0.2, 0.25) is 17.7 Å². The number of para-hydroxylation sites is 1. The number of amides is 3. The summed E-state index contributed by atoms with van der Waals surface area (Å²) in [7, 11) is 3.10. The molecule has 0 saturated carbocycles. The maximum atomic E-state index is 13.2. The van der Waals surface area contributed by atoms with E-state index in [2.05, 4.69) is 0 Å². The van der Waals surface area contributed by atoms with Gasteiger partial charge in [0.1, 0.15) is 25.7 Å². The molecule has 5 rings (SSSR count). The van der Waals surface area contributed by atoms with Gasteiger partial charge in [-0.15, -0.1) is 0 Å². The molecule has 12 heteroatoms. The number of carboxylic acids is 1. The van der Waals surface area contributed by atoms with Crippen LogP contribution in [0.15, 0.2) is 54.7 Å². The maximum Gasteiger partial charge on any atom is 0.323 e. The van der Waals surface area contributed by atoms with Gasteiger partial charge < -0.3 is 28.8 Å². The first kappa shape index (κ1) is 28.2. The predicted molar refractivity (Wildman–Crippen MR) is 146 cm³/mol. The van der Waals surface area contributed by atoms with Crippen molar-refractivity contribution in [3.8, 4) is 17.2 Å². The van der Waals surface area contributed by atoms with Gasteiger partial charge in [-0.05, 0) is 42.8 Å². The molecule has 1 fully saturated rings. The second kappa shape index (κ2) is 11.6. The van der Waals surface area contributed by atoms with Crippen LogP contribution in [0.25, 0.3) is 5.69 Å². The van der Waals surface area contributed by atoms with Crippen molar-refractivity contribution in [3.63, 3.8) is 0 Å². The quantitative estimate of drug-likeness (QED) is 0.401. The highest BCUT2D eigenvalue weighted by Gasteiger charge is 2.36. The summed E-state index contributed by atoms with van der Waals surface area (Å²) >= 11 is 6.44. The van der Waals surface area contributed by atoms with E-state index >= 15 is 0 Å². The number of hydrogen-bond donors (Lipinski definition) is 1. The van der Waals surface area contributed by atoms with Crippen LogP contribution in [-0.4, -0.2) is 77.0 Å². The molecule has 3 aromatic rings. The highest BCUT2D eigenvalue weighted by atomic mass is 35.5. The fourth-order valence-corrected chi connectivity index (χ4v) is 5.49. The van der Waals surface area contributed by atoms with E-state index in [0.717, 1.165) is 21.8 Å². The lowest BCUT2D eigenvalue weighted by Crippen LogP contribution is -2.56. The molecule has 3 amide bonds. The Hall–Kier alpha value is -4.35. The highest BCUT2D eigenvalue weighted by Crippen LogP contribution is 2.46. The van der Waals surface area contributed by atoms with Gasteiger partial charge in [0.25, 0.3) is 0 Å². The topological polar surface area (TPSA) is 128 Å². The van der Waals surface area contributed by atoms with Gasteiger partial charge in [-0.1, -0.05) is 23.7 Å². The SMILES string of the molecule is COc1cccc([C@H]2O[C@H](CCC(=O)N3CC(=O)N(CC(=O)O)C(=O)C3)c3cccn3-c3ccc(Cl)cc32)c1OC. The van der Waals surface area contributed by atoms with E-state index in [1.165, 1.54) is 0 Å². The van der Waals surface area contributed by atoms with Gasteiger partial charge in [-0.3, -0.25) is 24.1 Å². The number of aromatic nitrogens is 1. The second-order valence-electron chi connectivity index (χ2n) is 9.65. The minimum Gasteiger partial charge on any atom is -0.493 e. The zero-order valence-electron chi connectivity index (χ0n) is 22.4. The van der Waals surface area contributed by atoms with Gasteiger partial charge in [-0.2, -0.15) is 0 Å². The van der Waals surface area contributed by atoms with Crippen LogP contribution in [0.2, 0.25) is 5.02 Å². The van der Waals surface area contributed by atoms with E-state index < -0.39 is 42.4 Å². The summed E-state index contributed by atoms with van der Waals surface area (Å²) in [5.41, 5.74) is 3.16. The Morgan fingerprint density at radius 2 is 1.78 bits per heavy atom. The van der Waals surface area contributed by atoms with Crippen molar-refractivity contribution in [2.45, 2.75) is 25.0 Å². The molecule has 0 spiro atoms. The number of aliphatic carboxylic acids is 1. The Morgan fingerprint density at radius 3 is 2.46 bits per heavy atom. The van der Waals surface area contributed by atoms with Gasteiger partial charge in [-0.25, -0.2) is 0 Å². The number of piperazine rings is 1. The molecule has 1 aromatic heterocycles. The summed E-state index contributed by atoms with van der Waals surface area (Å²) in [5.74, 6) is -2.14. The van der Waals surface area contributed by atoms with Gasteiger partial charge in [0, 0.05) is 28.8 Å². The zero-order chi connectivity index (χ0) is 29.3. The molecule has 2 aliphatic rings. The average molecular weight is 582 g/mol. The molecule has 214 valence electrons. The van der Waals surface area contributed by atoms with Crippen LogP contribution in [-0.2, 0) is 23.9 Å². The zero-order valence-corrected chi connectivity index (χ0v) is 23.2. The number of carboxylic acid groups (broad SMARTS) is 1. The number of methoxy groups -OCH3 is 2. The molecule has 1 N–H and O–H groups in total. The molecule has 3 heterocycles. The molecule has 1 saturated heterocycles. The summed E-state index contributed by atoms with van der Waals surface area (Å²) in [6.07, 6.45) is 0.918. The van der Waals surface area contributed by atoms with Crippen LogP contribution in [0.5, 0.6) is 11.5 Å². The third kappa shape index (κ3) is 5.50. The number of nitrogens with zero attached hydrogens (tertiary/aromatic N) is 3. The first-order chi connectivity index (χ1) is 19.7. The summed E-state index contributed by atoms with van der Waals surface area (Å²) < 4.78 is 20.0. The minimum absolute atomic E-state index is 0.0194. The normalized spacial score (nSPS) is 18.4. The van der Waals surface area contributed by atoms with Crippen molar-refractivity contribution >= 4 is 35.3 Å². The molecule has 0 bridgehead atoms. The number of ether oxygens (including phenoxy) is 3. The molecule has 0 radical (unpaired) electrons. The van der Waals surface area contributed by atoms with E-state index in [9.17, 15) is 19.2 Å². The van der Waals surface area contributed by atoms with E-state index in [4.69, 9.17) is 30.9 Å². The van der Waals surface area contributed by atoms with Gasteiger partial charge >= 0.3 is 5.97 Å². The predicted octanol–water partition coefficient (Wildman–Crippen LogP) is 3.37. The van der Waals surface area contributed by atoms with Gasteiger partial charge in [0.15, 0.2) is 11.5 Å². The monoisotopic (exact) mass is 581 g/mol. The van der Waals surface area contributed by atoms with Crippen LogP contribution < -0.4 is 9.47 Å². The Morgan fingerprint density at radius 1 is 1.02 bits per heavy atom. The number of hydrogen-bond acceptors (Lipinski definition) is 7. The first-order valence-corrected chi connectivity index (χ1v) is 13.3. The summed E-state index contributed by atoms with van der Waals surface area (Å²) in [6, 6.07) is 14.9. The Kier molecular flexibility index (Phi) is 8.00. The van der Waals surface area contributed by atoms with E-state index in [-0.39, 0.29) is 25.9 Å². The fraction of sp³-hybridized carbons (Fsp3) is 0.310. The van der Waals surface area contributed by atoms with E-state index in [1.807, 2.05) is 47.2 Å². The van der Waals surface area contributed by atoms with Crippen LogP contribution >= 0.6 is 11.6 Å². The summed E-state index contributed by atoms with van der Waals surface area (Å²) in [5, 5.41) is 9.50. The molecule has 2 aromatic carbocycles. The lowest BCUT2D eigenvalue weighted by Gasteiger charge is -2.32. The van der Waals surface area contributed by atoms with E-state index in [1.54, 1.807) is 26.4 Å². The van der Waals surface area contributed by atoms with Crippen LogP contribution in [0.4, 0.5) is 0 Å². The first-order valence-electron chi connectivity index (χ1n) is 12.9. The van der Waals surface area contributed by atoms with Crippen molar-refractivity contribution in [2.24, 2.45) is 0 Å². The number of imide groups is 1. The highest BCUT2D eigenvalue weighted by molar-refractivity contribution is 6.30. The molecular formula is C29H28ClN3O8. The minimum atomic E-state index is -1.30. The second-order valence-corrected chi connectivity index (χ2v) is 10.1. The van der Waals surface area contributed by atoms with E-state index in [0.29, 0.717) is 27.0 Å². The van der Waals surface area contributed by atoms with Crippen molar-refractivity contribution in [1.82, 2.24) is 14.4 Å². The Balaban J connectivity index is 1.44. The van der Waals surface area contributed by atoms with Crippen LogP contribution in [0, 0.1) is 0 Å². The number of carbonyl (C=O) groups is 4. The van der Waals surface area contributed by atoms with Crippen molar-refractivity contribution in [3.05, 3.63) is 76.6 Å². The Bertz CT molecular complexity index is 1500. The maximum absolute atomic E-state index is 13.2. The summed E-state index contributed by atoms with van der Waals surface area (Å²) in [6.45, 7) is -1.47. The number of fused-ring (bicyclic) bond motifs is 3. The van der Waals surface area contributed by atoms with Crippen LogP contribution in [0.3, 0.4) is 0 Å². The average Bonchev–Trinajstić information content (AvgIpc) is 3.39. The lowest BCUT2D eigenvalue weighted by atomic mass is 9.98. The number of benzene rings is 2. The number of carbonyl (C=O) groups excluding carboxylic acids is 3. The van der Waals surface area contributed by atoms with Crippen molar-refractivity contribution < 1.29 is 38.5 Å². The van der Waals surface area contributed by atoms with Crippen molar-refractivity contribution in [2.75, 3.05) is 33.9 Å². The largest absolute Gasteiger partial charge is 0.493 e. The summed E-state index contributed by atoms with van der Waals surface area (Å²) in [4.78, 5) is 50.7. The lowest BCUT2D eigenvalue weighted by molar-refractivity contribution is -0.160. The molecule has 41 heavy (non-hydrogen) atoms. The van der Waals surface area contributed by atoms with Crippen molar-refractivity contribution in [1.29, 1.82) is 0 Å². The standard InChI is InChI=1S/C29H28ClN3O8/c1-39-23-7-3-5-18(29(23)40-2)28-19-13-17(30)8-9-20(19)32-12-4-6-21(32)22(41-28)10-11-24(34)31-14-25(35)33(16-27(37)38)26(36)15-31/h3-9,12-13,22,28H,10-11,14-16H2,1-2H3,(H,37,38)/t22-,28-/m1/s1. The fourth-order valence-electron chi connectivity index (χ4n) is 5.31. The third-order valence-corrected chi connectivity index (χ3v) is 7.41. The molecule has 0 unspecified atom stereocenters. The Labute approximate surface area is 240 Å². The molecule has 0 aliphatic carbocycles. The molecule has 2 aliphatic heterocycles. The smallest absolute Gasteiger partial charge is 0.323 e. The van der Waals surface area contributed by atoms with Crippen LogP contribution in [0.1, 0.15) is 41.9 Å². The molecule has 2 atom stereocenters. The number of halogens is 1. The van der Waals surface area contributed by atoms with Gasteiger partial charge in [0.05, 0.1) is 31.7 Å².